The van der Waals surface area contributed by atoms with Crippen LogP contribution in [0.5, 0.6) is 0 Å². The number of nitrogens with one attached hydrogen (secondary N) is 1. The normalized spacial score (nSPS) is 41.4. The van der Waals surface area contributed by atoms with E-state index in [1.54, 1.807) is 12.7 Å². The van der Waals surface area contributed by atoms with Gasteiger partial charge in [-0.1, -0.05) is 5.16 Å². The Bertz CT molecular complexity index is 373. The van der Waals surface area contributed by atoms with Crippen molar-refractivity contribution in [1.29, 1.82) is 0 Å². The minimum atomic E-state index is 0.860. The third-order valence-electron chi connectivity index (χ3n) is 5.60. The molecule has 0 spiro atoms. The first kappa shape index (κ1) is 11.0. The quantitative estimate of drug-likeness (QED) is 0.887. The van der Waals surface area contributed by atoms with Gasteiger partial charge < -0.3 is 9.84 Å². The van der Waals surface area contributed by atoms with Gasteiger partial charge in [-0.2, -0.15) is 0 Å². The number of nitrogens with zero attached hydrogens (tertiary/aromatic N) is 1. The molecular weight excluding hydrogens is 224 g/mol. The molecule has 5 rings (SSSR count). The molecule has 4 aliphatic rings. The number of aromatic nitrogens is 1. The second kappa shape index (κ2) is 4.37. The maximum absolute atomic E-state index is 4.86. The summed E-state index contributed by atoms with van der Waals surface area (Å²) in [4.78, 5) is 0. The van der Waals surface area contributed by atoms with Gasteiger partial charge in [0.15, 0.2) is 0 Å². The monoisotopic (exact) mass is 246 g/mol. The molecule has 0 aliphatic heterocycles. The van der Waals surface area contributed by atoms with E-state index in [1.807, 2.05) is 6.07 Å². The van der Waals surface area contributed by atoms with Crippen LogP contribution >= 0.6 is 0 Å². The fourth-order valence-corrected chi connectivity index (χ4v) is 5.07. The van der Waals surface area contributed by atoms with Gasteiger partial charge in [-0.15, -0.1) is 0 Å². The molecule has 4 fully saturated rings. The predicted molar refractivity (Wildman–Crippen MR) is 68.7 cm³/mol. The Labute approximate surface area is 108 Å². The average Bonchev–Trinajstić information content (AvgIpc) is 2.85. The molecule has 0 saturated heterocycles. The van der Waals surface area contributed by atoms with Crippen LogP contribution in [0.15, 0.2) is 16.9 Å². The molecule has 1 heterocycles. The van der Waals surface area contributed by atoms with Gasteiger partial charge in [-0.25, -0.2) is 0 Å². The summed E-state index contributed by atoms with van der Waals surface area (Å²) in [6.45, 7) is 2.04. The maximum atomic E-state index is 4.86. The minimum Gasteiger partial charge on any atom is -0.364 e. The van der Waals surface area contributed by atoms with Gasteiger partial charge in [0.05, 0.1) is 5.69 Å². The maximum Gasteiger partial charge on any atom is 0.124 e. The van der Waals surface area contributed by atoms with E-state index in [0.29, 0.717) is 0 Å². The molecule has 4 saturated carbocycles. The van der Waals surface area contributed by atoms with Crippen LogP contribution in [0, 0.1) is 29.6 Å². The highest BCUT2D eigenvalue weighted by Crippen LogP contribution is 2.56. The van der Waals surface area contributed by atoms with Crippen molar-refractivity contribution in [2.45, 2.75) is 38.6 Å². The van der Waals surface area contributed by atoms with Crippen molar-refractivity contribution in [3.05, 3.63) is 18.0 Å². The summed E-state index contributed by atoms with van der Waals surface area (Å²) >= 11 is 0. The highest BCUT2D eigenvalue weighted by molar-refractivity contribution is 4.99. The first-order valence-corrected chi connectivity index (χ1v) is 7.48. The molecule has 1 aromatic heterocycles. The minimum absolute atomic E-state index is 0.860. The standard InChI is InChI=1S/C15H22N2O/c1-2-18-17-14(1)8-16-9-15-12-4-10-3-11(6-12)7-13(15)5-10/h1-2,10-13,15-16H,3-9H2. The lowest BCUT2D eigenvalue weighted by molar-refractivity contribution is -0.0356. The molecule has 0 amide bonds. The molecule has 0 unspecified atom stereocenters. The van der Waals surface area contributed by atoms with E-state index in [0.717, 1.165) is 41.8 Å². The zero-order chi connectivity index (χ0) is 11.9. The van der Waals surface area contributed by atoms with Gasteiger partial charge in [-0.05, 0) is 68.2 Å². The molecule has 4 bridgehead atoms. The van der Waals surface area contributed by atoms with E-state index in [-0.39, 0.29) is 0 Å². The fraction of sp³-hybridized carbons (Fsp3) is 0.800. The third-order valence-corrected chi connectivity index (χ3v) is 5.60. The average molecular weight is 246 g/mol. The van der Waals surface area contributed by atoms with Gasteiger partial charge in [0, 0.05) is 12.6 Å². The van der Waals surface area contributed by atoms with Crippen LogP contribution in [0.1, 0.15) is 37.8 Å². The van der Waals surface area contributed by atoms with Gasteiger partial charge in [-0.3, -0.25) is 0 Å². The van der Waals surface area contributed by atoms with E-state index in [4.69, 9.17) is 4.52 Å². The highest BCUT2D eigenvalue weighted by atomic mass is 16.5. The molecular formula is C15H22N2O. The van der Waals surface area contributed by atoms with Crippen molar-refractivity contribution in [3.63, 3.8) is 0 Å². The Kier molecular flexibility index (Phi) is 2.68. The van der Waals surface area contributed by atoms with E-state index in [9.17, 15) is 0 Å². The van der Waals surface area contributed by atoms with E-state index in [1.165, 1.54) is 32.2 Å². The van der Waals surface area contributed by atoms with E-state index >= 15 is 0 Å². The molecule has 3 heteroatoms. The Morgan fingerprint density at radius 2 is 1.83 bits per heavy atom. The van der Waals surface area contributed by atoms with Crippen molar-refractivity contribution < 1.29 is 4.52 Å². The Balaban J connectivity index is 1.35. The van der Waals surface area contributed by atoms with Crippen LogP contribution in [0.4, 0.5) is 0 Å². The van der Waals surface area contributed by atoms with Crippen LogP contribution < -0.4 is 5.32 Å². The third kappa shape index (κ3) is 1.89. The SMILES string of the molecule is c1cc(CNCC2C3CC4CC(C3)CC2C4)no1. The highest BCUT2D eigenvalue weighted by Gasteiger charge is 2.47. The summed E-state index contributed by atoms with van der Waals surface area (Å²) < 4.78 is 4.86. The molecule has 3 nitrogen and oxygen atoms in total. The Hall–Kier alpha value is -0.830. The summed E-state index contributed by atoms with van der Waals surface area (Å²) in [5.41, 5.74) is 1.03. The van der Waals surface area contributed by atoms with Crippen molar-refractivity contribution in [2.75, 3.05) is 6.54 Å². The lowest BCUT2D eigenvalue weighted by Crippen LogP contribution is -2.48. The second-order valence-corrected chi connectivity index (χ2v) is 6.72. The zero-order valence-corrected chi connectivity index (χ0v) is 10.8. The van der Waals surface area contributed by atoms with Crippen molar-refractivity contribution >= 4 is 0 Å². The molecule has 1 aromatic rings. The second-order valence-electron chi connectivity index (χ2n) is 6.72. The Morgan fingerprint density at radius 3 is 2.44 bits per heavy atom. The van der Waals surface area contributed by atoms with Gasteiger partial charge >= 0.3 is 0 Å². The largest absolute Gasteiger partial charge is 0.364 e. The number of hydrogen-bond donors (Lipinski definition) is 1. The van der Waals surface area contributed by atoms with Crippen LogP contribution in [-0.2, 0) is 6.54 Å². The Morgan fingerprint density at radius 1 is 1.11 bits per heavy atom. The summed E-state index contributed by atoms with van der Waals surface area (Å²) in [6.07, 6.45) is 9.27. The fourth-order valence-electron chi connectivity index (χ4n) is 5.07. The van der Waals surface area contributed by atoms with Crippen LogP contribution in [0.2, 0.25) is 0 Å². The summed E-state index contributed by atoms with van der Waals surface area (Å²) in [5.74, 6) is 5.14. The summed E-state index contributed by atoms with van der Waals surface area (Å²) in [6, 6.07) is 1.95. The van der Waals surface area contributed by atoms with Gasteiger partial charge in [0.2, 0.25) is 0 Å². The summed E-state index contributed by atoms with van der Waals surface area (Å²) in [5, 5.41) is 7.55. The zero-order valence-electron chi connectivity index (χ0n) is 10.8. The smallest absolute Gasteiger partial charge is 0.124 e. The van der Waals surface area contributed by atoms with Crippen molar-refractivity contribution in [3.8, 4) is 0 Å². The molecule has 98 valence electrons. The van der Waals surface area contributed by atoms with E-state index < -0.39 is 0 Å². The number of rotatable bonds is 4. The predicted octanol–water partition coefficient (Wildman–Crippen LogP) is 2.84. The van der Waals surface area contributed by atoms with Gasteiger partial charge in [0.1, 0.15) is 6.26 Å². The first-order chi connectivity index (χ1) is 8.88. The molecule has 4 aliphatic carbocycles. The molecule has 1 N–H and O–H groups in total. The lowest BCUT2D eigenvalue weighted by atomic mass is 9.52. The lowest BCUT2D eigenvalue weighted by Gasteiger charge is -2.54. The van der Waals surface area contributed by atoms with Crippen molar-refractivity contribution in [1.82, 2.24) is 10.5 Å². The van der Waals surface area contributed by atoms with Crippen LogP contribution in [-0.4, -0.2) is 11.7 Å². The molecule has 0 aromatic carbocycles. The van der Waals surface area contributed by atoms with Crippen LogP contribution in [0.25, 0.3) is 0 Å². The van der Waals surface area contributed by atoms with E-state index in [2.05, 4.69) is 10.5 Å². The van der Waals surface area contributed by atoms with Crippen LogP contribution in [0.3, 0.4) is 0 Å². The van der Waals surface area contributed by atoms with Gasteiger partial charge in [0.25, 0.3) is 0 Å². The molecule has 18 heavy (non-hydrogen) atoms. The molecule has 0 atom stereocenters. The topological polar surface area (TPSA) is 38.1 Å². The van der Waals surface area contributed by atoms with Crippen molar-refractivity contribution in [2.24, 2.45) is 29.6 Å². The summed E-state index contributed by atoms with van der Waals surface area (Å²) in [7, 11) is 0. The number of hydrogen-bond acceptors (Lipinski definition) is 3. The first-order valence-electron chi connectivity index (χ1n) is 7.48. The molecule has 0 radical (unpaired) electrons.